The molecule has 0 bridgehead atoms. The van der Waals surface area contributed by atoms with Gasteiger partial charge in [0.25, 0.3) is 5.69 Å². The first kappa shape index (κ1) is 30.4. The van der Waals surface area contributed by atoms with Crippen LogP contribution in [0.4, 0.5) is 11.4 Å². The van der Waals surface area contributed by atoms with Gasteiger partial charge in [0.05, 0.1) is 11.0 Å². The van der Waals surface area contributed by atoms with Gasteiger partial charge in [-0.15, -0.1) is 0 Å². The Bertz CT molecular complexity index is 1060. The molecule has 2 rings (SSSR count). The molecular weight excluding hydrogens is 488 g/mol. The van der Waals surface area contributed by atoms with Crippen molar-refractivity contribution in [2.45, 2.75) is 64.1 Å². The second-order valence-electron chi connectivity index (χ2n) is 9.30. The average Bonchev–Trinajstić information content (AvgIpc) is 2.91. The summed E-state index contributed by atoms with van der Waals surface area (Å²) in [6.07, 6.45) is 2.48. The third-order valence-corrected chi connectivity index (χ3v) is 6.40. The first-order valence-electron chi connectivity index (χ1n) is 12.8. The summed E-state index contributed by atoms with van der Waals surface area (Å²) < 4.78 is 0. The maximum atomic E-state index is 13.4. The van der Waals surface area contributed by atoms with Gasteiger partial charge in [0.1, 0.15) is 12.1 Å². The molecule has 0 aliphatic heterocycles. The van der Waals surface area contributed by atoms with Crippen LogP contribution >= 0.6 is 0 Å². The fourth-order valence-electron chi connectivity index (χ4n) is 3.77. The van der Waals surface area contributed by atoms with Crippen LogP contribution in [0.5, 0.6) is 0 Å². The molecule has 0 aromatic heterocycles. The molecule has 0 saturated heterocycles. The summed E-state index contributed by atoms with van der Waals surface area (Å²) in [7, 11) is 0. The number of nitrogens with zero attached hydrogens (tertiary/aromatic N) is 1. The van der Waals surface area contributed by atoms with Crippen LogP contribution < -0.4 is 27.4 Å². The predicted octanol–water partition coefficient (Wildman–Crippen LogP) is 2.25. The molecule has 0 radical (unpaired) electrons. The molecule has 7 N–H and O–H groups in total. The molecule has 0 heterocycles. The van der Waals surface area contributed by atoms with Gasteiger partial charge in [0.2, 0.25) is 17.7 Å². The smallest absolute Gasteiger partial charge is 0.269 e. The van der Waals surface area contributed by atoms with E-state index in [1.165, 1.54) is 24.3 Å². The minimum atomic E-state index is -0.954. The number of rotatable bonds is 15. The topological polar surface area (TPSA) is 182 Å². The van der Waals surface area contributed by atoms with Gasteiger partial charge in [-0.3, -0.25) is 24.5 Å². The maximum absolute atomic E-state index is 13.4. The molecule has 0 spiro atoms. The minimum Gasteiger partial charge on any atom is -0.343 e. The zero-order valence-corrected chi connectivity index (χ0v) is 21.9. The van der Waals surface area contributed by atoms with Crippen LogP contribution in [0.2, 0.25) is 0 Å². The van der Waals surface area contributed by atoms with E-state index in [9.17, 15) is 24.5 Å². The third-order valence-electron chi connectivity index (χ3n) is 6.40. The number of carbonyl (C=O) groups is 3. The number of benzene rings is 2. The number of nitro groups is 1. The number of anilines is 1. The van der Waals surface area contributed by atoms with E-state index in [2.05, 4.69) is 16.0 Å². The SMILES string of the molecule is CC[C@H](C)[C@H](N)C(=O)N[C@H](Cc1ccccc1)C(=O)N[C@H](CCCCN)C(=O)Nc1ccc([N+](=O)[O-])cc1. The minimum absolute atomic E-state index is 0.0769. The average molecular weight is 527 g/mol. The van der Waals surface area contributed by atoms with Crippen molar-refractivity contribution in [3.63, 3.8) is 0 Å². The van der Waals surface area contributed by atoms with Crippen molar-refractivity contribution in [2.24, 2.45) is 17.4 Å². The fourth-order valence-corrected chi connectivity index (χ4v) is 3.77. The number of non-ortho nitro benzene ring substituents is 1. The molecule has 11 nitrogen and oxygen atoms in total. The highest BCUT2D eigenvalue weighted by Gasteiger charge is 2.29. The summed E-state index contributed by atoms with van der Waals surface area (Å²) >= 11 is 0. The Morgan fingerprint density at radius 3 is 2.13 bits per heavy atom. The van der Waals surface area contributed by atoms with Gasteiger partial charge >= 0.3 is 0 Å². The summed E-state index contributed by atoms with van der Waals surface area (Å²) in [4.78, 5) is 49.7. The van der Waals surface area contributed by atoms with Crippen LogP contribution in [0, 0.1) is 16.0 Å². The van der Waals surface area contributed by atoms with Crippen molar-refractivity contribution in [1.29, 1.82) is 0 Å². The van der Waals surface area contributed by atoms with Crippen molar-refractivity contribution in [2.75, 3.05) is 11.9 Å². The van der Waals surface area contributed by atoms with Crippen LogP contribution in [0.3, 0.4) is 0 Å². The first-order chi connectivity index (χ1) is 18.2. The summed E-state index contributed by atoms with van der Waals surface area (Å²) in [6, 6.07) is 12.0. The second-order valence-corrected chi connectivity index (χ2v) is 9.30. The fraction of sp³-hybridized carbons (Fsp3) is 0.444. The number of unbranched alkanes of at least 4 members (excludes halogenated alkanes) is 1. The Hall–Kier alpha value is -3.83. The Kier molecular flexibility index (Phi) is 12.3. The maximum Gasteiger partial charge on any atom is 0.269 e. The molecule has 0 aliphatic carbocycles. The first-order valence-corrected chi connectivity index (χ1v) is 12.8. The van der Waals surface area contributed by atoms with Gasteiger partial charge in [0, 0.05) is 24.2 Å². The quantitative estimate of drug-likeness (QED) is 0.134. The number of carbonyl (C=O) groups excluding carboxylic acids is 3. The van der Waals surface area contributed by atoms with Crippen molar-refractivity contribution in [1.82, 2.24) is 10.6 Å². The molecule has 0 fully saturated rings. The second kappa shape index (κ2) is 15.4. The van der Waals surface area contributed by atoms with Gasteiger partial charge in [-0.2, -0.15) is 0 Å². The Balaban J connectivity index is 2.21. The van der Waals surface area contributed by atoms with Gasteiger partial charge in [0.15, 0.2) is 0 Å². The summed E-state index contributed by atoms with van der Waals surface area (Å²) in [6.45, 7) is 4.23. The molecule has 2 aromatic rings. The molecule has 0 aliphatic rings. The molecular formula is C27H38N6O5. The highest BCUT2D eigenvalue weighted by Crippen LogP contribution is 2.16. The van der Waals surface area contributed by atoms with Crippen molar-refractivity contribution < 1.29 is 19.3 Å². The zero-order valence-electron chi connectivity index (χ0n) is 21.9. The number of hydrogen-bond acceptors (Lipinski definition) is 7. The van der Waals surface area contributed by atoms with E-state index in [-0.39, 0.29) is 18.0 Å². The van der Waals surface area contributed by atoms with E-state index >= 15 is 0 Å². The molecule has 206 valence electrons. The van der Waals surface area contributed by atoms with Crippen LogP contribution in [-0.4, -0.2) is 47.3 Å². The zero-order chi connectivity index (χ0) is 28.1. The number of nitrogens with one attached hydrogen (secondary N) is 3. The van der Waals surface area contributed by atoms with E-state index in [1.807, 2.05) is 44.2 Å². The summed E-state index contributed by atoms with van der Waals surface area (Å²) in [5.41, 5.74) is 12.8. The van der Waals surface area contributed by atoms with Gasteiger partial charge in [-0.1, -0.05) is 50.6 Å². The lowest BCUT2D eigenvalue weighted by molar-refractivity contribution is -0.384. The van der Waals surface area contributed by atoms with Gasteiger partial charge in [-0.25, -0.2) is 0 Å². The van der Waals surface area contributed by atoms with Crippen molar-refractivity contribution in [3.8, 4) is 0 Å². The summed E-state index contributed by atoms with van der Waals surface area (Å²) in [5.74, 6) is -1.52. The monoisotopic (exact) mass is 526 g/mol. The number of hydrogen-bond donors (Lipinski definition) is 5. The molecule has 3 amide bonds. The van der Waals surface area contributed by atoms with E-state index in [0.29, 0.717) is 37.9 Å². The Morgan fingerprint density at radius 1 is 0.921 bits per heavy atom. The largest absolute Gasteiger partial charge is 0.343 e. The van der Waals surface area contributed by atoms with Crippen LogP contribution in [0.1, 0.15) is 45.1 Å². The molecule has 38 heavy (non-hydrogen) atoms. The Labute approximate surface area is 222 Å². The van der Waals surface area contributed by atoms with Gasteiger partial charge in [-0.05, 0) is 49.4 Å². The number of nitro benzene ring substituents is 1. The molecule has 2 aromatic carbocycles. The standard InChI is InChI=1S/C27H38N6O5/c1-3-18(2)24(29)27(36)32-23(17-19-9-5-4-6-10-19)26(35)31-22(11-7-8-16-28)25(34)30-20-12-14-21(15-13-20)33(37)38/h4-6,9-10,12-15,18,22-24H,3,7-8,11,16-17,28-29H2,1-2H3,(H,30,34)(H,31,35)(H,32,36)/t18-,22+,23+,24-/m0/s1. The highest BCUT2D eigenvalue weighted by atomic mass is 16.6. The van der Waals surface area contributed by atoms with Crippen molar-refractivity contribution >= 4 is 29.1 Å². The third kappa shape index (κ3) is 9.56. The number of nitrogens with two attached hydrogens (primary N) is 2. The van der Waals surface area contributed by atoms with E-state index in [0.717, 1.165) is 5.56 Å². The lowest BCUT2D eigenvalue weighted by Crippen LogP contribution is -2.56. The van der Waals surface area contributed by atoms with Crippen LogP contribution in [-0.2, 0) is 20.8 Å². The molecule has 0 saturated carbocycles. The van der Waals surface area contributed by atoms with E-state index < -0.39 is 40.8 Å². The lowest BCUT2D eigenvalue weighted by atomic mass is 9.98. The van der Waals surface area contributed by atoms with Gasteiger partial charge < -0.3 is 27.4 Å². The Morgan fingerprint density at radius 2 is 1.55 bits per heavy atom. The highest BCUT2D eigenvalue weighted by molar-refractivity contribution is 5.98. The van der Waals surface area contributed by atoms with Crippen LogP contribution in [0.25, 0.3) is 0 Å². The molecule has 0 unspecified atom stereocenters. The predicted molar refractivity (Wildman–Crippen MR) is 146 cm³/mol. The van der Waals surface area contributed by atoms with E-state index in [4.69, 9.17) is 11.5 Å². The van der Waals surface area contributed by atoms with E-state index in [1.54, 1.807) is 0 Å². The number of amides is 3. The molecule has 4 atom stereocenters. The normalized spacial score (nSPS) is 14.0. The summed E-state index contributed by atoms with van der Waals surface area (Å²) in [5, 5.41) is 19.1. The van der Waals surface area contributed by atoms with Crippen molar-refractivity contribution in [3.05, 3.63) is 70.3 Å². The van der Waals surface area contributed by atoms with Crippen LogP contribution in [0.15, 0.2) is 54.6 Å². The lowest BCUT2D eigenvalue weighted by Gasteiger charge is -2.25. The molecule has 11 heteroatoms.